The Hall–Kier alpha value is -4.03. The van der Waals surface area contributed by atoms with Crippen molar-refractivity contribution in [1.82, 2.24) is 19.5 Å². The average Bonchev–Trinajstić information content (AvgIpc) is 3.23. The van der Waals surface area contributed by atoms with Gasteiger partial charge in [0.25, 0.3) is 0 Å². The van der Waals surface area contributed by atoms with Gasteiger partial charge in [0, 0.05) is 18.0 Å². The van der Waals surface area contributed by atoms with E-state index < -0.39 is 6.61 Å². The fourth-order valence-electron chi connectivity index (χ4n) is 3.58. The van der Waals surface area contributed by atoms with Gasteiger partial charge in [-0.15, -0.1) is 0 Å². The van der Waals surface area contributed by atoms with Crippen molar-refractivity contribution in [2.45, 2.75) is 32.8 Å². The van der Waals surface area contributed by atoms with Crippen LogP contribution in [0.3, 0.4) is 0 Å². The lowest BCUT2D eigenvalue weighted by Crippen LogP contribution is -2.06. The zero-order valence-corrected chi connectivity index (χ0v) is 20.1. The topological polar surface area (TPSA) is 85.9 Å². The first-order chi connectivity index (χ1) is 17.5. The van der Waals surface area contributed by atoms with Crippen molar-refractivity contribution < 1.29 is 18.3 Å². The van der Waals surface area contributed by atoms with Crippen LogP contribution in [-0.2, 0) is 0 Å². The number of nitriles is 1. The van der Waals surface area contributed by atoms with Gasteiger partial charge < -0.3 is 9.47 Å². The molecule has 4 rings (SSSR count). The summed E-state index contributed by atoms with van der Waals surface area (Å²) in [6.07, 6.45) is 9.12. The number of unbranched alkanes of at least 4 members (excludes halogenated alkanes) is 2. The Morgan fingerprint density at radius 2 is 2.00 bits per heavy atom. The molecular formula is C26H22ClF2N5O2. The van der Waals surface area contributed by atoms with Crippen molar-refractivity contribution >= 4 is 34.9 Å². The molecule has 0 bridgehead atoms. The monoisotopic (exact) mass is 509 g/mol. The molecule has 0 aliphatic rings. The third-order valence-corrected chi connectivity index (χ3v) is 5.43. The minimum Gasteiger partial charge on any atom is -0.489 e. The van der Waals surface area contributed by atoms with Crippen LogP contribution in [0.4, 0.5) is 8.78 Å². The number of para-hydroxylation sites is 1. The van der Waals surface area contributed by atoms with E-state index in [9.17, 15) is 8.78 Å². The third kappa shape index (κ3) is 5.78. The molecule has 0 aliphatic heterocycles. The summed E-state index contributed by atoms with van der Waals surface area (Å²) in [5, 5.41) is 9.53. The van der Waals surface area contributed by atoms with Crippen molar-refractivity contribution in [1.29, 1.82) is 5.26 Å². The minimum absolute atomic E-state index is 0.0423. The molecule has 10 heteroatoms. The van der Waals surface area contributed by atoms with Crippen LogP contribution in [0.2, 0.25) is 5.02 Å². The molecule has 1 aromatic carbocycles. The summed E-state index contributed by atoms with van der Waals surface area (Å²) >= 11 is 6.12. The molecule has 0 aliphatic carbocycles. The molecule has 0 unspecified atom stereocenters. The van der Waals surface area contributed by atoms with Gasteiger partial charge in [-0.05, 0) is 42.8 Å². The minimum atomic E-state index is -2.98. The van der Waals surface area contributed by atoms with Crippen molar-refractivity contribution in [3.8, 4) is 23.4 Å². The molecule has 36 heavy (non-hydrogen) atoms. The van der Waals surface area contributed by atoms with Gasteiger partial charge in [0.05, 0.1) is 17.2 Å². The molecule has 184 valence electrons. The zero-order chi connectivity index (χ0) is 25.5. The Morgan fingerprint density at radius 1 is 1.14 bits per heavy atom. The van der Waals surface area contributed by atoms with Crippen LogP contribution in [0, 0.1) is 11.3 Å². The molecule has 7 nitrogen and oxygen atoms in total. The van der Waals surface area contributed by atoms with Crippen LogP contribution in [0.15, 0.2) is 48.8 Å². The molecule has 0 fully saturated rings. The molecule has 0 saturated carbocycles. The van der Waals surface area contributed by atoms with E-state index in [1.54, 1.807) is 47.1 Å². The lowest BCUT2D eigenvalue weighted by atomic mass is 10.1. The van der Waals surface area contributed by atoms with Gasteiger partial charge in [-0.25, -0.2) is 15.0 Å². The quantitative estimate of drug-likeness (QED) is 0.222. The number of halogens is 3. The number of aromatic nitrogens is 4. The SMILES string of the molecule is CCCCCOc1c(/C=C/c2nc3cc(Cl)cnc3n2-c2ccc(C#N)cn2)cccc1OC(F)F. The first kappa shape index (κ1) is 25.1. The van der Waals surface area contributed by atoms with E-state index in [0.29, 0.717) is 45.6 Å². The maximum atomic E-state index is 13.0. The number of alkyl halides is 2. The van der Waals surface area contributed by atoms with E-state index in [-0.39, 0.29) is 11.5 Å². The maximum Gasteiger partial charge on any atom is 0.387 e. The number of nitrogens with zero attached hydrogens (tertiary/aromatic N) is 5. The summed E-state index contributed by atoms with van der Waals surface area (Å²) in [6.45, 7) is -0.544. The molecule has 4 aromatic rings. The first-order valence-electron chi connectivity index (χ1n) is 11.3. The first-order valence-corrected chi connectivity index (χ1v) is 11.7. The molecule has 3 aromatic heterocycles. The highest BCUT2D eigenvalue weighted by Gasteiger charge is 2.16. The molecule has 3 heterocycles. The number of fused-ring (bicyclic) bond motifs is 1. The summed E-state index contributed by atoms with van der Waals surface area (Å²) in [6, 6.07) is 11.9. The molecule has 0 amide bonds. The summed E-state index contributed by atoms with van der Waals surface area (Å²) in [7, 11) is 0. The van der Waals surface area contributed by atoms with Crippen molar-refractivity contribution in [2.75, 3.05) is 6.61 Å². The van der Waals surface area contributed by atoms with Crippen LogP contribution < -0.4 is 9.47 Å². The lowest BCUT2D eigenvalue weighted by molar-refractivity contribution is -0.0515. The molecular weight excluding hydrogens is 488 g/mol. The fourth-order valence-corrected chi connectivity index (χ4v) is 3.73. The van der Waals surface area contributed by atoms with Gasteiger partial charge in [-0.3, -0.25) is 4.57 Å². The van der Waals surface area contributed by atoms with Crippen molar-refractivity contribution in [3.63, 3.8) is 0 Å². The highest BCUT2D eigenvalue weighted by molar-refractivity contribution is 6.31. The van der Waals surface area contributed by atoms with E-state index in [2.05, 4.69) is 21.9 Å². The highest BCUT2D eigenvalue weighted by Crippen LogP contribution is 2.34. The molecule has 0 spiro atoms. The predicted molar refractivity (Wildman–Crippen MR) is 133 cm³/mol. The largest absolute Gasteiger partial charge is 0.489 e. The van der Waals surface area contributed by atoms with E-state index >= 15 is 0 Å². The van der Waals surface area contributed by atoms with Crippen LogP contribution in [-0.4, -0.2) is 32.7 Å². The van der Waals surface area contributed by atoms with Crippen LogP contribution in [0.25, 0.3) is 29.1 Å². The van der Waals surface area contributed by atoms with E-state index in [1.165, 1.54) is 18.5 Å². The Morgan fingerprint density at radius 3 is 2.72 bits per heavy atom. The average molecular weight is 510 g/mol. The smallest absolute Gasteiger partial charge is 0.387 e. The Kier molecular flexibility index (Phi) is 8.08. The van der Waals surface area contributed by atoms with E-state index in [0.717, 1.165) is 19.3 Å². The maximum absolute atomic E-state index is 13.0. The molecule has 0 radical (unpaired) electrons. The second-order valence-corrected chi connectivity index (χ2v) is 8.20. The Labute approximate surface area is 211 Å². The summed E-state index contributed by atoms with van der Waals surface area (Å²) in [4.78, 5) is 13.4. The second kappa shape index (κ2) is 11.6. The van der Waals surface area contributed by atoms with Gasteiger partial charge in [0.15, 0.2) is 17.1 Å². The highest BCUT2D eigenvalue weighted by atomic mass is 35.5. The Bertz CT molecular complexity index is 1410. The number of pyridine rings is 2. The van der Waals surface area contributed by atoms with E-state index in [1.807, 2.05) is 6.07 Å². The van der Waals surface area contributed by atoms with Gasteiger partial charge in [0.2, 0.25) is 0 Å². The summed E-state index contributed by atoms with van der Waals surface area (Å²) < 4.78 is 38.3. The van der Waals surface area contributed by atoms with Crippen LogP contribution in [0.5, 0.6) is 11.5 Å². The second-order valence-electron chi connectivity index (χ2n) is 7.76. The predicted octanol–water partition coefficient (Wildman–Crippen LogP) is 6.68. The third-order valence-electron chi connectivity index (χ3n) is 5.23. The van der Waals surface area contributed by atoms with Crippen LogP contribution in [0.1, 0.15) is 43.1 Å². The van der Waals surface area contributed by atoms with Gasteiger partial charge in [0.1, 0.15) is 23.2 Å². The number of imidazole rings is 1. The van der Waals surface area contributed by atoms with Gasteiger partial charge in [-0.1, -0.05) is 43.5 Å². The normalized spacial score (nSPS) is 11.3. The number of benzene rings is 1. The zero-order valence-electron chi connectivity index (χ0n) is 19.4. The van der Waals surface area contributed by atoms with Gasteiger partial charge >= 0.3 is 6.61 Å². The lowest BCUT2D eigenvalue weighted by Gasteiger charge is -2.14. The van der Waals surface area contributed by atoms with Crippen molar-refractivity contribution in [3.05, 3.63) is 70.8 Å². The standard InChI is InChI=1S/C26H22ClF2N5O2/c1-2-3-4-12-35-24-18(6-5-7-21(24)36-26(28)29)9-11-23-33-20-13-19(27)16-32-25(20)34(23)22-10-8-17(14-30)15-31-22/h5-11,13,15-16,26H,2-4,12H2,1H3/b11-9+. The molecule has 0 N–H and O–H groups in total. The number of rotatable bonds is 10. The summed E-state index contributed by atoms with van der Waals surface area (Å²) in [5.41, 5.74) is 2.01. The van der Waals surface area contributed by atoms with E-state index in [4.69, 9.17) is 26.3 Å². The summed E-state index contributed by atoms with van der Waals surface area (Å²) in [5.74, 6) is 1.15. The van der Waals surface area contributed by atoms with Crippen LogP contribution >= 0.6 is 11.6 Å². The van der Waals surface area contributed by atoms with Crippen molar-refractivity contribution in [2.24, 2.45) is 0 Å². The number of ether oxygens (including phenoxy) is 2. The Balaban J connectivity index is 1.77. The number of hydrogen-bond donors (Lipinski definition) is 0. The molecule has 0 saturated heterocycles. The van der Waals surface area contributed by atoms with Gasteiger partial charge in [-0.2, -0.15) is 14.0 Å². The molecule has 0 atom stereocenters. The fraction of sp³-hybridized carbons (Fsp3) is 0.231. The number of hydrogen-bond acceptors (Lipinski definition) is 6.